The fourth-order valence-electron chi connectivity index (χ4n) is 1.67. The normalized spacial score (nSPS) is 11.1. The average Bonchev–Trinajstić information content (AvgIpc) is 3.12. The highest BCUT2D eigenvalue weighted by Gasteiger charge is 2.24. The molecule has 10 heteroatoms. The Bertz CT molecular complexity index is 806. The van der Waals surface area contributed by atoms with Gasteiger partial charge in [0.05, 0.1) is 9.77 Å². The molecule has 0 fully saturated rings. The first-order valence-corrected chi connectivity index (χ1v) is 7.49. The average molecular weight is 346 g/mol. The molecular weight excluding hydrogens is 340 g/mol. The van der Waals surface area contributed by atoms with Crippen molar-refractivity contribution in [3.05, 3.63) is 41.0 Å². The number of halogens is 4. The lowest BCUT2D eigenvalue weighted by atomic mass is 10.4. The van der Waals surface area contributed by atoms with Gasteiger partial charge in [-0.05, 0) is 23.2 Å². The van der Waals surface area contributed by atoms with Crippen LogP contribution in [0.3, 0.4) is 0 Å². The highest BCUT2D eigenvalue weighted by Crippen LogP contribution is 2.34. The predicted molar refractivity (Wildman–Crippen MR) is 72.5 cm³/mol. The molecule has 0 N–H and O–H groups in total. The van der Waals surface area contributed by atoms with Crippen molar-refractivity contribution < 1.29 is 17.6 Å². The summed E-state index contributed by atoms with van der Waals surface area (Å²) in [7, 11) is 1.58. The molecule has 3 aromatic heterocycles. The SMILES string of the molecule is Cn1c(Sc2c(F)c(F)nc(F)c2F)nnc1-c1cccs1. The Hall–Kier alpha value is -1.94. The maximum atomic E-state index is 13.6. The molecule has 3 rings (SSSR count). The van der Waals surface area contributed by atoms with Crippen LogP contribution in [0.5, 0.6) is 0 Å². The van der Waals surface area contributed by atoms with Crippen molar-refractivity contribution >= 4 is 23.1 Å². The third-order valence-electron chi connectivity index (χ3n) is 2.73. The maximum absolute atomic E-state index is 13.6. The summed E-state index contributed by atoms with van der Waals surface area (Å²) in [6, 6.07) is 3.62. The maximum Gasteiger partial charge on any atom is 0.252 e. The van der Waals surface area contributed by atoms with Crippen molar-refractivity contribution in [3.63, 3.8) is 0 Å². The lowest BCUT2D eigenvalue weighted by Crippen LogP contribution is -2.03. The van der Waals surface area contributed by atoms with Crippen LogP contribution in [-0.2, 0) is 7.05 Å². The largest absolute Gasteiger partial charge is 0.304 e. The summed E-state index contributed by atoms with van der Waals surface area (Å²) in [4.78, 5) is 2.46. The van der Waals surface area contributed by atoms with Gasteiger partial charge in [-0.3, -0.25) is 0 Å². The number of aromatic nitrogens is 4. The minimum absolute atomic E-state index is 0.0891. The van der Waals surface area contributed by atoms with E-state index in [1.54, 1.807) is 13.1 Å². The van der Waals surface area contributed by atoms with Gasteiger partial charge in [0.2, 0.25) is 0 Å². The molecule has 0 bridgehead atoms. The molecule has 0 aliphatic heterocycles. The van der Waals surface area contributed by atoms with Crippen LogP contribution in [0.1, 0.15) is 0 Å². The van der Waals surface area contributed by atoms with Crippen LogP contribution < -0.4 is 0 Å². The van der Waals surface area contributed by atoms with Crippen molar-refractivity contribution in [1.82, 2.24) is 19.7 Å². The topological polar surface area (TPSA) is 43.6 Å². The highest BCUT2D eigenvalue weighted by atomic mass is 32.2. The molecule has 0 unspecified atom stereocenters. The van der Waals surface area contributed by atoms with Crippen LogP contribution in [0, 0.1) is 23.5 Å². The van der Waals surface area contributed by atoms with Crippen LogP contribution in [0.15, 0.2) is 27.6 Å². The van der Waals surface area contributed by atoms with Gasteiger partial charge in [0.15, 0.2) is 22.6 Å². The van der Waals surface area contributed by atoms with Crippen molar-refractivity contribution in [2.45, 2.75) is 10.1 Å². The Kier molecular flexibility index (Phi) is 3.87. The third-order valence-corrected chi connectivity index (χ3v) is 4.69. The molecule has 0 aromatic carbocycles. The molecule has 0 aliphatic carbocycles. The number of hydrogen-bond acceptors (Lipinski definition) is 5. The zero-order valence-corrected chi connectivity index (χ0v) is 12.5. The Morgan fingerprint density at radius 2 is 1.77 bits per heavy atom. The molecule has 0 atom stereocenters. The number of thiophene rings is 1. The van der Waals surface area contributed by atoms with E-state index in [0.717, 1.165) is 4.88 Å². The third kappa shape index (κ3) is 2.48. The fraction of sp³-hybridized carbons (Fsp3) is 0.0833. The van der Waals surface area contributed by atoms with Gasteiger partial charge in [-0.15, -0.1) is 21.5 Å². The summed E-state index contributed by atoms with van der Waals surface area (Å²) in [5, 5.41) is 9.63. The van der Waals surface area contributed by atoms with Gasteiger partial charge in [0.25, 0.3) is 11.9 Å². The van der Waals surface area contributed by atoms with Gasteiger partial charge in [-0.25, -0.2) is 8.78 Å². The van der Waals surface area contributed by atoms with E-state index < -0.39 is 28.4 Å². The second-order valence-corrected chi connectivity index (χ2v) is 6.02. The van der Waals surface area contributed by atoms with E-state index in [-0.39, 0.29) is 5.16 Å². The highest BCUT2D eigenvalue weighted by molar-refractivity contribution is 7.99. The Balaban J connectivity index is 2.02. The first kappa shape index (κ1) is 15.0. The number of hydrogen-bond donors (Lipinski definition) is 0. The van der Waals surface area contributed by atoms with Gasteiger partial charge in [-0.1, -0.05) is 6.07 Å². The van der Waals surface area contributed by atoms with E-state index in [1.807, 2.05) is 11.4 Å². The summed E-state index contributed by atoms with van der Waals surface area (Å²) in [5.41, 5.74) is 0. The summed E-state index contributed by atoms with van der Waals surface area (Å²) in [6.45, 7) is 0. The van der Waals surface area contributed by atoms with E-state index >= 15 is 0 Å². The quantitative estimate of drug-likeness (QED) is 0.536. The Labute approximate surface area is 129 Å². The number of rotatable bonds is 3. The van der Waals surface area contributed by atoms with Crippen LogP contribution in [0.25, 0.3) is 10.7 Å². The van der Waals surface area contributed by atoms with E-state index in [2.05, 4.69) is 15.2 Å². The van der Waals surface area contributed by atoms with Crippen molar-refractivity contribution in [3.8, 4) is 10.7 Å². The number of pyridine rings is 1. The molecule has 0 spiro atoms. The Morgan fingerprint density at radius 1 is 1.09 bits per heavy atom. The van der Waals surface area contributed by atoms with Gasteiger partial charge in [0.1, 0.15) is 0 Å². The van der Waals surface area contributed by atoms with Gasteiger partial charge < -0.3 is 4.57 Å². The molecule has 22 heavy (non-hydrogen) atoms. The first-order chi connectivity index (χ1) is 10.5. The first-order valence-electron chi connectivity index (χ1n) is 5.80. The van der Waals surface area contributed by atoms with Crippen LogP contribution in [-0.4, -0.2) is 19.7 Å². The van der Waals surface area contributed by atoms with Crippen LogP contribution >= 0.6 is 23.1 Å². The Morgan fingerprint density at radius 3 is 2.36 bits per heavy atom. The lowest BCUT2D eigenvalue weighted by Gasteiger charge is -2.05. The monoisotopic (exact) mass is 346 g/mol. The van der Waals surface area contributed by atoms with Crippen molar-refractivity contribution in [2.75, 3.05) is 0 Å². The van der Waals surface area contributed by atoms with Gasteiger partial charge >= 0.3 is 0 Å². The van der Waals surface area contributed by atoms with Gasteiger partial charge in [0, 0.05) is 7.05 Å². The molecule has 0 saturated carbocycles. The molecule has 0 radical (unpaired) electrons. The summed E-state index contributed by atoms with van der Waals surface area (Å²) in [5.74, 6) is -6.06. The molecule has 0 aliphatic rings. The summed E-state index contributed by atoms with van der Waals surface area (Å²) in [6.07, 6.45) is 0. The molecule has 114 valence electrons. The van der Waals surface area contributed by atoms with Crippen LogP contribution in [0.4, 0.5) is 17.6 Å². The molecule has 0 saturated heterocycles. The molecule has 3 heterocycles. The predicted octanol–water partition coefficient (Wildman–Crippen LogP) is 3.65. The number of nitrogens with zero attached hydrogens (tertiary/aromatic N) is 4. The van der Waals surface area contributed by atoms with E-state index in [9.17, 15) is 17.6 Å². The fourth-order valence-corrected chi connectivity index (χ4v) is 3.25. The van der Waals surface area contributed by atoms with Crippen LogP contribution in [0.2, 0.25) is 0 Å². The molecule has 3 aromatic rings. The van der Waals surface area contributed by atoms with E-state index in [1.165, 1.54) is 15.9 Å². The second-order valence-electron chi connectivity index (χ2n) is 4.10. The summed E-state index contributed by atoms with van der Waals surface area (Å²) >= 11 is 1.85. The van der Waals surface area contributed by atoms with E-state index in [0.29, 0.717) is 17.6 Å². The lowest BCUT2D eigenvalue weighted by molar-refractivity contribution is 0.383. The molecule has 0 amide bonds. The minimum atomic E-state index is -1.71. The van der Waals surface area contributed by atoms with E-state index in [4.69, 9.17) is 0 Å². The van der Waals surface area contributed by atoms with Gasteiger partial charge in [-0.2, -0.15) is 13.8 Å². The zero-order chi connectivity index (χ0) is 15.9. The van der Waals surface area contributed by atoms with Crippen molar-refractivity contribution in [2.24, 2.45) is 7.05 Å². The molecular formula is C12H6F4N4S2. The smallest absolute Gasteiger partial charge is 0.252 e. The summed E-state index contributed by atoms with van der Waals surface area (Å²) < 4.78 is 54.9. The van der Waals surface area contributed by atoms with Crippen molar-refractivity contribution in [1.29, 1.82) is 0 Å². The minimum Gasteiger partial charge on any atom is -0.304 e. The zero-order valence-electron chi connectivity index (χ0n) is 10.8. The standard InChI is InChI=1S/C12H6F4N4S2/c1-20-11(5-3-2-4-21-5)18-19-12(20)22-8-6(13)9(15)17-10(16)7(8)14/h2-4H,1H3. The second kappa shape index (κ2) is 5.69. The molecule has 4 nitrogen and oxygen atoms in total.